The molecule has 0 N–H and O–H groups in total. The molecule has 0 bridgehead atoms. The molecule has 28 heavy (non-hydrogen) atoms. The maximum absolute atomic E-state index is 12.7. The van der Waals surface area contributed by atoms with Crippen LogP contribution in [0.4, 0.5) is 0 Å². The number of rotatable bonds is 10. The smallest absolute Gasteiger partial charge is 0.189 e. The number of carbonyl (C=O) groups excluding carboxylic acids is 1. The van der Waals surface area contributed by atoms with E-state index < -0.39 is 0 Å². The Kier molecular flexibility index (Phi) is 8.31. The first-order valence-electron chi connectivity index (χ1n) is 8.92. The summed E-state index contributed by atoms with van der Waals surface area (Å²) in [6.45, 7) is 4.58. The Bertz CT molecular complexity index is 831. The van der Waals surface area contributed by atoms with Crippen LogP contribution in [0.25, 0.3) is 6.08 Å². The van der Waals surface area contributed by atoms with E-state index >= 15 is 0 Å². The highest BCUT2D eigenvalue weighted by Crippen LogP contribution is 2.26. The number of ether oxygens (including phenoxy) is 4. The van der Waals surface area contributed by atoms with Crippen molar-refractivity contribution in [1.82, 2.24) is 0 Å². The molecular weight excluding hydrogens is 356 g/mol. The summed E-state index contributed by atoms with van der Waals surface area (Å²) < 4.78 is 21.2. The molecule has 2 aromatic rings. The fraction of sp³-hybridized carbons (Fsp3) is 0.261. The lowest BCUT2D eigenvalue weighted by Gasteiger charge is -2.10. The highest BCUT2D eigenvalue weighted by Gasteiger charge is 2.11. The predicted octanol–water partition coefficient (Wildman–Crippen LogP) is 4.92. The van der Waals surface area contributed by atoms with Crippen molar-refractivity contribution in [3.63, 3.8) is 0 Å². The molecule has 0 aliphatic heterocycles. The normalized spacial score (nSPS) is 10.6. The minimum Gasteiger partial charge on any atom is -0.497 e. The van der Waals surface area contributed by atoms with Gasteiger partial charge in [0.15, 0.2) is 12.6 Å². The largest absolute Gasteiger partial charge is 0.497 e. The van der Waals surface area contributed by atoms with Gasteiger partial charge in [-0.15, -0.1) is 0 Å². The van der Waals surface area contributed by atoms with Gasteiger partial charge < -0.3 is 18.9 Å². The van der Waals surface area contributed by atoms with Crippen molar-refractivity contribution in [2.75, 3.05) is 27.6 Å². The van der Waals surface area contributed by atoms with Gasteiger partial charge in [0.05, 0.1) is 12.7 Å². The maximum atomic E-state index is 12.7. The van der Waals surface area contributed by atoms with E-state index in [1.54, 1.807) is 38.5 Å². The van der Waals surface area contributed by atoms with Gasteiger partial charge in [0.2, 0.25) is 0 Å². The minimum absolute atomic E-state index is 0.144. The van der Waals surface area contributed by atoms with E-state index in [2.05, 4.69) is 0 Å². The fourth-order valence-electron chi connectivity index (χ4n) is 2.31. The molecule has 2 rings (SSSR count). The molecule has 0 saturated carbocycles. The first-order valence-corrected chi connectivity index (χ1v) is 8.92. The molecule has 0 aliphatic carbocycles. The molecule has 5 heteroatoms. The molecule has 0 spiro atoms. The Balaban J connectivity index is 2.13. The van der Waals surface area contributed by atoms with Crippen molar-refractivity contribution in [2.24, 2.45) is 0 Å². The van der Waals surface area contributed by atoms with Crippen LogP contribution in [0.15, 0.2) is 60.2 Å². The summed E-state index contributed by atoms with van der Waals surface area (Å²) in [4.78, 5) is 12.7. The Morgan fingerprint density at radius 1 is 0.964 bits per heavy atom. The second kappa shape index (κ2) is 10.9. The van der Waals surface area contributed by atoms with Gasteiger partial charge in [-0.3, -0.25) is 4.79 Å². The first-order chi connectivity index (χ1) is 13.5. The van der Waals surface area contributed by atoms with Gasteiger partial charge >= 0.3 is 0 Å². The Morgan fingerprint density at radius 2 is 1.68 bits per heavy atom. The Hall–Kier alpha value is -3.05. The summed E-state index contributed by atoms with van der Waals surface area (Å²) in [7, 11) is 3.15. The molecular formula is C23H26O5. The zero-order valence-electron chi connectivity index (χ0n) is 16.7. The van der Waals surface area contributed by atoms with Crippen molar-refractivity contribution in [2.45, 2.75) is 13.8 Å². The lowest BCUT2D eigenvalue weighted by molar-refractivity contribution is 0.0511. The third-order valence-corrected chi connectivity index (χ3v) is 3.84. The van der Waals surface area contributed by atoms with Crippen molar-refractivity contribution in [1.29, 1.82) is 0 Å². The van der Waals surface area contributed by atoms with Crippen LogP contribution >= 0.6 is 0 Å². The fourth-order valence-corrected chi connectivity index (χ4v) is 2.31. The van der Waals surface area contributed by atoms with E-state index in [0.29, 0.717) is 29.4 Å². The van der Waals surface area contributed by atoms with Crippen molar-refractivity contribution >= 4 is 11.9 Å². The molecule has 0 heterocycles. The van der Waals surface area contributed by atoms with Gasteiger partial charge in [-0.1, -0.05) is 23.8 Å². The lowest BCUT2D eigenvalue weighted by atomic mass is 10.1. The van der Waals surface area contributed by atoms with E-state index in [1.807, 2.05) is 44.2 Å². The van der Waals surface area contributed by atoms with E-state index in [0.717, 1.165) is 11.1 Å². The zero-order chi connectivity index (χ0) is 20.4. The van der Waals surface area contributed by atoms with Crippen molar-refractivity contribution in [3.05, 3.63) is 71.3 Å². The summed E-state index contributed by atoms with van der Waals surface area (Å²) in [5, 5.41) is 0. The third-order valence-electron chi connectivity index (χ3n) is 3.84. The van der Waals surface area contributed by atoms with Gasteiger partial charge in [0.25, 0.3) is 0 Å². The first kappa shape index (κ1) is 21.3. The Morgan fingerprint density at radius 3 is 2.32 bits per heavy atom. The van der Waals surface area contributed by atoms with Gasteiger partial charge in [-0.2, -0.15) is 0 Å². The highest BCUT2D eigenvalue weighted by molar-refractivity contribution is 6.08. The van der Waals surface area contributed by atoms with Crippen LogP contribution in [-0.4, -0.2) is 33.4 Å². The quantitative estimate of drug-likeness (QED) is 0.253. The number of methoxy groups -OCH3 is 2. The van der Waals surface area contributed by atoms with Crippen molar-refractivity contribution in [3.8, 4) is 17.2 Å². The number of carbonyl (C=O) groups is 1. The molecule has 148 valence electrons. The standard InChI is InChI=1S/C23H26O5/c1-17(2)13-14-27-23-15-20(26-4)10-11-21(23)22(24)12-7-18-5-8-19(9-6-18)28-16-25-3/h5-13,15H,14,16H2,1-4H3/b12-7+. The monoisotopic (exact) mass is 382 g/mol. The number of benzene rings is 2. The number of ketones is 1. The van der Waals surface area contributed by atoms with Gasteiger partial charge in [-0.05, 0) is 55.8 Å². The van der Waals surface area contributed by atoms with E-state index in [9.17, 15) is 4.79 Å². The molecule has 0 radical (unpaired) electrons. The summed E-state index contributed by atoms with van der Waals surface area (Å²) in [6.07, 6.45) is 5.24. The van der Waals surface area contributed by atoms with Gasteiger partial charge in [0.1, 0.15) is 23.9 Å². The molecule has 0 atom stereocenters. The number of allylic oxidation sites excluding steroid dienone is 2. The zero-order valence-corrected chi connectivity index (χ0v) is 16.7. The van der Waals surface area contributed by atoms with Crippen LogP contribution in [0.3, 0.4) is 0 Å². The second-order valence-electron chi connectivity index (χ2n) is 6.27. The van der Waals surface area contributed by atoms with Gasteiger partial charge in [-0.25, -0.2) is 0 Å². The predicted molar refractivity (Wildman–Crippen MR) is 110 cm³/mol. The average molecular weight is 382 g/mol. The van der Waals surface area contributed by atoms with E-state index in [4.69, 9.17) is 18.9 Å². The van der Waals surface area contributed by atoms with Crippen LogP contribution in [0.1, 0.15) is 29.8 Å². The van der Waals surface area contributed by atoms with Crippen LogP contribution < -0.4 is 14.2 Å². The molecule has 0 saturated heterocycles. The van der Waals surface area contributed by atoms with Gasteiger partial charge in [0, 0.05) is 13.2 Å². The maximum Gasteiger partial charge on any atom is 0.189 e. The van der Waals surface area contributed by atoms with E-state index in [1.165, 1.54) is 6.08 Å². The molecule has 5 nitrogen and oxygen atoms in total. The average Bonchev–Trinajstić information content (AvgIpc) is 2.70. The molecule has 0 amide bonds. The summed E-state index contributed by atoms with van der Waals surface area (Å²) in [5.74, 6) is 1.69. The summed E-state index contributed by atoms with van der Waals surface area (Å²) in [5.41, 5.74) is 2.52. The second-order valence-corrected chi connectivity index (χ2v) is 6.27. The summed E-state index contributed by atoms with van der Waals surface area (Å²) in [6, 6.07) is 12.6. The molecule has 0 unspecified atom stereocenters. The number of hydrogen-bond acceptors (Lipinski definition) is 5. The highest BCUT2D eigenvalue weighted by atomic mass is 16.7. The molecule has 2 aromatic carbocycles. The minimum atomic E-state index is -0.144. The topological polar surface area (TPSA) is 54.0 Å². The van der Waals surface area contributed by atoms with Crippen molar-refractivity contribution < 1.29 is 23.7 Å². The third kappa shape index (κ3) is 6.59. The van der Waals surface area contributed by atoms with Crippen LogP contribution in [-0.2, 0) is 4.74 Å². The van der Waals surface area contributed by atoms with E-state index in [-0.39, 0.29) is 12.6 Å². The number of hydrogen-bond donors (Lipinski definition) is 0. The van der Waals surface area contributed by atoms with Crippen LogP contribution in [0.2, 0.25) is 0 Å². The SMILES string of the molecule is COCOc1ccc(/C=C/C(=O)c2ccc(OC)cc2OCC=C(C)C)cc1. The molecule has 0 aromatic heterocycles. The lowest BCUT2D eigenvalue weighted by Crippen LogP contribution is -2.03. The Labute approximate surface area is 166 Å². The summed E-state index contributed by atoms with van der Waals surface area (Å²) >= 11 is 0. The molecule has 0 fully saturated rings. The van der Waals surface area contributed by atoms with Crippen LogP contribution in [0.5, 0.6) is 17.2 Å². The molecule has 0 aliphatic rings. The van der Waals surface area contributed by atoms with Crippen LogP contribution in [0, 0.1) is 0 Å².